The number of carbonyl (C=O) groups excluding carboxylic acids is 2. The molecule has 7 nitrogen and oxygen atoms in total. The van der Waals surface area contributed by atoms with Gasteiger partial charge in [0.05, 0.1) is 26.4 Å². The number of rotatable bonds is 8. The Morgan fingerprint density at radius 1 is 1.04 bits per heavy atom. The summed E-state index contributed by atoms with van der Waals surface area (Å²) < 4.78 is 21.0. The molecule has 2 aromatic rings. The maximum atomic E-state index is 12.4. The Morgan fingerprint density at radius 2 is 1.78 bits per heavy atom. The molecular formula is C20H23NO6. The number of hydrogen-bond donors (Lipinski definition) is 1. The summed E-state index contributed by atoms with van der Waals surface area (Å²) >= 11 is 0. The third-order valence-corrected chi connectivity index (χ3v) is 3.68. The fraction of sp³-hybridized carbons (Fsp3) is 0.300. The van der Waals surface area contributed by atoms with Gasteiger partial charge in [0.1, 0.15) is 5.75 Å². The van der Waals surface area contributed by atoms with E-state index in [-0.39, 0.29) is 12.5 Å². The van der Waals surface area contributed by atoms with Crippen molar-refractivity contribution in [2.24, 2.45) is 0 Å². The van der Waals surface area contributed by atoms with E-state index in [0.717, 1.165) is 0 Å². The highest BCUT2D eigenvalue weighted by Gasteiger charge is 2.17. The summed E-state index contributed by atoms with van der Waals surface area (Å²) in [6, 6.07) is 11.6. The molecule has 144 valence electrons. The molecule has 0 saturated heterocycles. The minimum Gasteiger partial charge on any atom is -0.493 e. The number of benzene rings is 2. The second-order valence-electron chi connectivity index (χ2n) is 5.57. The molecule has 0 spiro atoms. The summed E-state index contributed by atoms with van der Waals surface area (Å²) in [5, 5.41) is 2.75. The van der Waals surface area contributed by atoms with Gasteiger partial charge < -0.3 is 24.3 Å². The van der Waals surface area contributed by atoms with Crippen molar-refractivity contribution in [1.82, 2.24) is 0 Å². The van der Waals surface area contributed by atoms with E-state index >= 15 is 0 Å². The Morgan fingerprint density at radius 3 is 2.44 bits per heavy atom. The normalized spacial score (nSPS) is 11.3. The van der Waals surface area contributed by atoms with Crippen LogP contribution in [0.5, 0.6) is 17.2 Å². The lowest BCUT2D eigenvalue weighted by atomic mass is 10.2. The highest BCUT2D eigenvalue weighted by Crippen LogP contribution is 2.29. The molecule has 0 aliphatic rings. The van der Waals surface area contributed by atoms with Crippen LogP contribution in [0, 0.1) is 0 Å². The van der Waals surface area contributed by atoms with Gasteiger partial charge in [-0.15, -0.1) is 0 Å². The van der Waals surface area contributed by atoms with Gasteiger partial charge in [-0.25, -0.2) is 4.79 Å². The van der Waals surface area contributed by atoms with Gasteiger partial charge in [-0.1, -0.05) is 6.07 Å². The van der Waals surface area contributed by atoms with E-state index in [0.29, 0.717) is 28.5 Å². The van der Waals surface area contributed by atoms with Crippen LogP contribution in [0.25, 0.3) is 0 Å². The quantitative estimate of drug-likeness (QED) is 0.715. The maximum absolute atomic E-state index is 12.4. The van der Waals surface area contributed by atoms with Crippen LogP contribution in [0.2, 0.25) is 0 Å². The molecule has 0 bridgehead atoms. The van der Waals surface area contributed by atoms with Crippen LogP contribution < -0.4 is 19.5 Å². The third-order valence-electron chi connectivity index (χ3n) is 3.68. The number of methoxy groups -OCH3 is 2. The monoisotopic (exact) mass is 373 g/mol. The van der Waals surface area contributed by atoms with Crippen molar-refractivity contribution in [3.05, 3.63) is 48.0 Å². The summed E-state index contributed by atoms with van der Waals surface area (Å²) in [4.78, 5) is 24.2. The molecule has 1 N–H and O–H groups in total. The molecule has 1 amide bonds. The number of anilines is 1. The molecule has 2 aromatic carbocycles. The van der Waals surface area contributed by atoms with Crippen LogP contribution in [0.1, 0.15) is 24.2 Å². The molecule has 0 unspecified atom stereocenters. The van der Waals surface area contributed by atoms with Crippen molar-refractivity contribution in [1.29, 1.82) is 0 Å². The first-order valence-corrected chi connectivity index (χ1v) is 8.45. The van der Waals surface area contributed by atoms with Crippen LogP contribution >= 0.6 is 0 Å². The zero-order valence-corrected chi connectivity index (χ0v) is 15.8. The zero-order valence-electron chi connectivity index (χ0n) is 15.8. The van der Waals surface area contributed by atoms with Crippen LogP contribution in [-0.4, -0.2) is 38.8 Å². The van der Waals surface area contributed by atoms with Crippen LogP contribution in [0.4, 0.5) is 5.69 Å². The van der Waals surface area contributed by atoms with Crippen LogP contribution in [-0.2, 0) is 9.53 Å². The second-order valence-corrected chi connectivity index (χ2v) is 5.57. The first kappa shape index (κ1) is 20.1. The summed E-state index contributed by atoms with van der Waals surface area (Å²) in [6.45, 7) is 3.64. The summed E-state index contributed by atoms with van der Waals surface area (Å²) in [5.41, 5.74) is 0.912. The van der Waals surface area contributed by atoms with Crippen LogP contribution in [0.15, 0.2) is 42.5 Å². The molecule has 0 saturated carbocycles. The van der Waals surface area contributed by atoms with E-state index in [4.69, 9.17) is 18.9 Å². The molecule has 0 aliphatic carbocycles. The third kappa shape index (κ3) is 5.37. The molecule has 0 radical (unpaired) electrons. The van der Waals surface area contributed by atoms with E-state index < -0.39 is 12.1 Å². The Labute approximate surface area is 158 Å². The smallest absolute Gasteiger partial charge is 0.338 e. The molecule has 27 heavy (non-hydrogen) atoms. The van der Waals surface area contributed by atoms with Crippen LogP contribution in [0.3, 0.4) is 0 Å². The van der Waals surface area contributed by atoms with Crippen molar-refractivity contribution in [3.63, 3.8) is 0 Å². The van der Waals surface area contributed by atoms with Gasteiger partial charge >= 0.3 is 5.97 Å². The van der Waals surface area contributed by atoms with Crippen molar-refractivity contribution < 1.29 is 28.5 Å². The lowest BCUT2D eigenvalue weighted by Gasteiger charge is -2.16. The Kier molecular flexibility index (Phi) is 7.05. The highest BCUT2D eigenvalue weighted by atomic mass is 16.5. The average molecular weight is 373 g/mol. The molecule has 2 rings (SSSR count). The zero-order chi connectivity index (χ0) is 19.8. The van der Waals surface area contributed by atoms with Gasteiger partial charge in [-0.05, 0) is 44.2 Å². The summed E-state index contributed by atoms with van der Waals surface area (Å²) in [7, 11) is 3.06. The first-order valence-electron chi connectivity index (χ1n) is 8.45. The van der Waals surface area contributed by atoms with E-state index in [1.807, 2.05) is 0 Å². The highest BCUT2D eigenvalue weighted by molar-refractivity contribution is 5.94. The standard InChI is InChI=1S/C20H23NO6/c1-5-26-20(23)14-7-6-8-16(11-14)27-13(2)19(22)21-15-9-10-17(24-3)18(12-15)25-4/h6-13H,5H2,1-4H3,(H,21,22)/t13-/m1/s1. The first-order chi connectivity index (χ1) is 13.0. The molecule has 0 aliphatic heterocycles. The Bertz CT molecular complexity index is 805. The van der Waals surface area contributed by atoms with E-state index in [2.05, 4.69) is 5.32 Å². The number of hydrogen-bond acceptors (Lipinski definition) is 6. The molecular weight excluding hydrogens is 350 g/mol. The second kappa shape index (κ2) is 9.47. The average Bonchev–Trinajstić information content (AvgIpc) is 2.68. The van der Waals surface area contributed by atoms with Gasteiger partial charge in [0, 0.05) is 11.8 Å². The molecule has 0 heterocycles. The van der Waals surface area contributed by atoms with Gasteiger partial charge in [0.25, 0.3) is 5.91 Å². The summed E-state index contributed by atoms with van der Waals surface area (Å²) in [5.74, 6) is 0.686. The topological polar surface area (TPSA) is 83.1 Å². The number of amides is 1. The number of ether oxygens (including phenoxy) is 4. The van der Waals surface area contributed by atoms with E-state index in [1.54, 1.807) is 50.2 Å². The Hall–Kier alpha value is -3.22. The SMILES string of the molecule is CCOC(=O)c1cccc(O[C@H](C)C(=O)Nc2ccc(OC)c(OC)c2)c1. The predicted molar refractivity (Wildman–Crippen MR) is 101 cm³/mol. The molecule has 0 aromatic heterocycles. The minimum atomic E-state index is -0.782. The Balaban J connectivity index is 2.04. The predicted octanol–water partition coefficient (Wildman–Crippen LogP) is 3.29. The van der Waals surface area contributed by atoms with Crippen molar-refractivity contribution in [3.8, 4) is 17.2 Å². The number of nitrogens with one attached hydrogen (secondary N) is 1. The van der Waals surface area contributed by atoms with Gasteiger partial charge in [-0.2, -0.15) is 0 Å². The van der Waals surface area contributed by atoms with E-state index in [1.165, 1.54) is 20.3 Å². The number of esters is 1. The van der Waals surface area contributed by atoms with Gasteiger partial charge in [0.15, 0.2) is 17.6 Å². The molecule has 1 atom stereocenters. The van der Waals surface area contributed by atoms with Crippen molar-refractivity contribution in [2.45, 2.75) is 20.0 Å². The lowest BCUT2D eigenvalue weighted by Crippen LogP contribution is -2.30. The lowest BCUT2D eigenvalue weighted by molar-refractivity contribution is -0.122. The van der Waals surface area contributed by atoms with E-state index in [9.17, 15) is 9.59 Å². The fourth-order valence-corrected chi connectivity index (χ4v) is 2.33. The van der Waals surface area contributed by atoms with Crippen molar-refractivity contribution >= 4 is 17.6 Å². The maximum Gasteiger partial charge on any atom is 0.338 e. The molecule has 0 fully saturated rings. The largest absolute Gasteiger partial charge is 0.493 e. The molecule has 7 heteroatoms. The van der Waals surface area contributed by atoms with Crippen molar-refractivity contribution in [2.75, 3.05) is 26.1 Å². The fourth-order valence-electron chi connectivity index (χ4n) is 2.33. The number of carbonyl (C=O) groups is 2. The summed E-state index contributed by atoms with van der Waals surface area (Å²) in [6.07, 6.45) is -0.782. The van der Waals surface area contributed by atoms with Gasteiger partial charge in [-0.3, -0.25) is 4.79 Å². The van der Waals surface area contributed by atoms with Gasteiger partial charge in [0.2, 0.25) is 0 Å². The minimum absolute atomic E-state index is 0.286.